The van der Waals surface area contributed by atoms with Gasteiger partial charge in [0.05, 0.1) is 5.25 Å². The van der Waals surface area contributed by atoms with Gasteiger partial charge >= 0.3 is 0 Å². The fourth-order valence-corrected chi connectivity index (χ4v) is 7.54. The monoisotopic (exact) mass is 444 g/mol. The molecule has 1 fully saturated rings. The average Bonchev–Trinajstić information content (AvgIpc) is 3.54. The minimum atomic E-state index is 0.121. The quantitative estimate of drug-likeness (QED) is 0.335. The summed E-state index contributed by atoms with van der Waals surface area (Å²) in [6.07, 6.45) is 5.64. The molecule has 0 amide bonds. The topological polar surface area (TPSA) is 48.2 Å². The van der Waals surface area contributed by atoms with Crippen molar-refractivity contribution in [3.63, 3.8) is 0 Å². The van der Waals surface area contributed by atoms with Crippen LogP contribution in [0.15, 0.2) is 40.1 Å². The normalized spacial score (nSPS) is 22.1. The molecular formula is C20H16N2O2S4. The van der Waals surface area contributed by atoms with Crippen molar-refractivity contribution in [1.82, 2.24) is 9.97 Å². The van der Waals surface area contributed by atoms with Gasteiger partial charge in [-0.3, -0.25) is 0 Å². The van der Waals surface area contributed by atoms with E-state index in [2.05, 4.69) is 29.7 Å². The van der Waals surface area contributed by atoms with Gasteiger partial charge in [-0.15, -0.1) is 11.3 Å². The second-order valence-electron chi connectivity index (χ2n) is 6.78. The molecule has 0 spiro atoms. The second kappa shape index (κ2) is 7.02. The standard InChI is InChI=1S/C20H16N2O2S4/c1-3-15(25-9-1)11-5-7-13(23-11)17-21-19-20(27-17)22-18(28-19)14-8-6-12(24-14)16-4-2-10-26-16/h1,3,6-9,11,16H,2,4-5,10H2. The number of hydrogen-bond donors (Lipinski definition) is 0. The van der Waals surface area contributed by atoms with E-state index in [0.29, 0.717) is 5.25 Å². The number of ether oxygens (including phenoxy) is 1. The van der Waals surface area contributed by atoms with Gasteiger partial charge in [0, 0.05) is 11.3 Å². The first-order chi connectivity index (χ1) is 13.8. The number of aromatic nitrogens is 2. The smallest absolute Gasteiger partial charge is 0.163 e. The third kappa shape index (κ3) is 3.03. The number of nitrogens with zero attached hydrogens (tertiary/aromatic N) is 2. The van der Waals surface area contributed by atoms with Gasteiger partial charge in [-0.25, -0.2) is 9.97 Å². The Kier molecular flexibility index (Phi) is 4.33. The minimum absolute atomic E-state index is 0.121. The molecule has 2 aliphatic heterocycles. The van der Waals surface area contributed by atoms with Crippen LogP contribution in [0.2, 0.25) is 0 Å². The highest BCUT2D eigenvalue weighted by Gasteiger charge is 2.26. The summed E-state index contributed by atoms with van der Waals surface area (Å²) in [6, 6.07) is 8.35. The van der Waals surface area contributed by atoms with E-state index in [0.717, 1.165) is 43.4 Å². The summed E-state index contributed by atoms with van der Waals surface area (Å²) in [4.78, 5) is 12.7. The van der Waals surface area contributed by atoms with E-state index in [1.165, 1.54) is 23.5 Å². The van der Waals surface area contributed by atoms with E-state index >= 15 is 0 Å². The van der Waals surface area contributed by atoms with Crippen LogP contribution in [0.25, 0.3) is 26.2 Å². The maximum absolute atomic E-state index is 6.14. The van der Waals surface area contributed by atoms with Crippen molar-refractivity contribution in [2.24, 2.45) is 0 Å². The Morgan fingerprint density at radius 2 is 1.93 bits per heavy atom. The molecule has 0 radical (unpaired) electrons. The third-order valence-electron chi connectivity index (χ3n) is 4.92. The number of thiophene rings is 1. The van der Waals surface area contributed by atoms with Crippen molar-refractivity contribution < 1.29 is 9.15 Å². The summed E-state index contributed by atoms with van der Waals surface area (Å²) in [5.41, 5.74) is 0. The van der Waals surface area contributed by atoms with Crippen LogP contribution in [0.5, 0.6) is 0 Å². The van der Waals surface area contributed by atoms with Crippen molar-refractivity contribution in [3.8, 4) is 10.8 Å². The lowest BCUT2D eigenvalue weighted by atomic mass is 10.2. The molecule has 6 rings (SSSR count). The van der Waals surface area contributed by atoms with Crippen LogP contribution in [-0.4, -0.2) is 15.7 Å². The average molecular weight is 445 g/mol. The summed E-state index contributed by atoms with van der Waals surface area (Å²) in [6.45, 7) is 0. The number of furan rings is 1. The Bertz CT molecular complexity index is 1120. The Labute approximate surface area is 178 Å². The second-order valence-corrected chi connectivity index (χ2v) is 11.0. The molecule has 28 heavy (non-hydrogen) atoms. The lowest BCUT2D eigenvalue weighted by molar-refractivity contribution is 0.198. The van der Waals surface area contributed by atoms with Crippen LogP contribution >= 0.6 is 45.8 Å². The Morgan fingerprint density at radius 1 is 1.04 bits per heavy atom. The largest absolute Gasteiger partial charge is 0.482 e. The molecule has 0 saturated carbocycles. The first-order valence-corrected chi connectivity index (χ1v) is 12.8. The lowest BCUT2D eigenvalue weighted by Gasteiger charge is -2.09. The maximum Gasteiger partial charge on any atom is 0.163 e. The zero-order chi connectivity index (χ0) is 18.5. The number of hydrogen-bond acceptors (Lipinski definition) is 8. The molecule has 2 atom stereocenters. The fraction of sp³-hybridized carbons (Fsp3) is 0.300. The SMILES string of the molecule is C1=C(c2nc3sc(-c4ccc(C5CCCS5)o4)nc3s2)OC(c2cccs2)C1. The summed E-state index contributed by atoms with van der Waals surface area (Å²) < 4.78 is 12.2. The van der Waals surface area contributed by atoms with E-state index < -0.39 is 0 Å². The predicted octanol–water partition coefficient (Wildman–Crippen LogP) is 7.14. The van der Waals surface area contributed by atoms with Crippen LogP contribution in [-0.2, 0) is 4.74 Å². The molecule has 0 aromatic carbocycles. The zero-order valence-corrected chi connectivity index (χ0v) is 18.1. The molecular weight excluding hydrogens is 429 g/mol. The molecule has 4 aromatic rings. The lowest BCUT2D eigenvalue weighted by Crippen LogP contribution is -1.93. The molecule has 8 heteroatoms. The van der Waals surface area contributed by atoms with Crippen LogP contribution < -0.4 is 0 Å². The van der Waals surface area contributed by atoms with Gasteiger partial charge in [-0.05, 0) is 48.2 Å². The number of thiazole rings is 2. The first-order valence-electron chi connectivity index (χ1n) is 9.23. The molecule has 2 unspecified atom stereocenters. The minimum Gasteiger partial charge on any atom is -0.482 e. The highest BCUT2D eigenvalue weighted by Crippen LogP contribution is 2.44. The van der Waals surface area contributed by atoms with E-state index in [1.807, 2.05) is 17.8 Å². The molecule has 1 saturated heterocycles. The fourth-order valence-electron chi connectivity index (χ4n) is 3.55. The van der Waals surface area contributed by atoms with Crippen LogP contribution in [0.1, 0.15) is 46.3 Å². The third-order valence-corrected chi connectivity index (χ3v) is 9.33. The Morgan fingerprint density at radius 3 is 2.75 bits per heavy atom. The molecule has 0 bridgehead atoms. The van der Waals surface area contributed by atoms with Gasteiger partial charge in [0.2, 0.25) is 0 Å². The van der Waals surface area contributed by atoms with E-state index in [1.54, 1.807) is 34.0 Å². The van der Waals surface area contributed by atoms with Crippen molar-refractivity contribution in [2.45, 2.75) is 30.6 Å². The van der Waals surface area contributed by atoms with Crippen LogP contribution in [0.3, 0.4) is 0 Å². The first kappa shape index (κ1) is 17.3. The van der Waals surface area contributed by atoms with Gasteiger partial charge in [-0.1, -0.05) is 28.7 Å². The van der Waals surface area contributed by atoms with Gasteiger partial charge in [-0.2, -0.15) is 11.8 Å². The summed E-state index contributed by atoms with van der Waals surface area (Å²) in [7, 11) is 0. The van der Waals surface area contributed by atoms with Crippen LogP contribution in [0.4, 0.5) is 0 Å². The molecule has 142 valence electrons. The summed E-state index contributed by atoms with van der Waals surface area (Å²) in [5, 5.41) is 4.42. The van der Waals surface area contributed by atoms with E-state index in [-0.39, 0.29) is 6.10 Å². The van der Waals surface area contributed by atoms with Gasteiger partial charge in [0.15, 0.2) is 31.2 Å². The highest BCUT2D eigenvalue weighted by molar-refractivity contribution is 7.99. The molecule has 4 aromatic heterocycles. The predicted molar refractivity (Wildman–Crippen MR) is 118 cm³/mol. The Hall–Kier alpha value is -1.61. The van der Waals surface area contributed by atoms with Gasteiger partial charge in [0.1, 0.15) is 11.9 Å². The van der Waals surface area contributed by atoms with Crippen molar-refractivity contribution in [2.75, 3.05) is 5.75 Å². The van der Waals surface area contributed by atoms with Crippen molar-refractivity contribution in [1.29, 1.82) is 0 Å². The summed E-state index contributed by atoms with van der Waals surface area (Å²) >= 11 is 6.91. The van der Waals surface area contributed by atoms with Gasteiger partial charge in [0.25, 0.3) is 0 Å². The number of fused-ring (bicyclic) bond motifs is 1. The van der Waals surface area contributed by atoms with E-state index in [9.17, 15) is 0 Å². The van der Waals surface area contributed by atoms with Crippen molar-refractivity contribution in [3.05, 3.63) is 51.4 Å². The summed E-state index contributed by atoms with van der Waals surface area (Å²) in [5.74, 6) is 4.04. The van der Waals surface area contributed by atoms with Gasteiger partial charge < -0.3 is 9.15 Å². The van der Waals surface area contributed by atoms with E-state index in [4.69, 9.17) is 19.1 Å². The van der Waals surface area contributed by atoms with Crippen LogP contribution in [0, 0.1) is 0 Å². The number of thioether (sulfide) groups is 1. The molecule has 0 N–H and O–H groups in total. The zero-order valence-electron chi connectivity index (χ0n) is 14.8. The number of rotatable bonds is 4. The molecule has 0 aliphatic carbocycles. The highest BCUT2D eigenvalue weighted by atomic mass is 32.2. The maximum atomic E-state index is 6.14. The molecule has 6 heterocycles. The molecule has 4 nitrogen and oxygen atoms in total. The Balaban J connectivity index is 1.23. The molecule has 2 aliphatic rings. The van der Waals surface area contributed by atoms with Crippen molar-refractivity contribution >= 4 is 61.2 Å².